The number of carboxylic acids is 1. The number of aromatic nitrogens is 3. The molecule has 0 bridgehead atoms. The molecule has 0 aliphatic carbocycles. The average Bonchev–Trinajstić information content (AvgIpc) is 3.01. The Morgan fingerprint density at radius 1 is 1.28 bits per heavy atom. The second kappa shape index (κ2) is 7.18. The molecule has 25 heavy (non-hydrogen) atoms. The van der Waals surface area contributed by atoms with Gasteiger partial charge in [0.05, 0.1) is 5.69 Å². The van der Waals surface area contributed by atoms with Gasteiger partial charge in [0.1, 0.15) is 24.2 Å². The summed E-state index contributed by atoms with van der Waals surface area (Å²) >= 11 is 0. The highest BCUT2D eigenvalue weighted by atomic mass is 35.5. The van der Waals surface area contributed by atoms with Crippen LogP contribution in [0.2, 0.25) is 0 Å². The number of carbonyl (C=O) groups is 2. The molecule has 130 valence electrons. The fourth-order valence-electron chi connectivity index (χ4n) is 2.44. The molecule has 2 heterocycles. The summed E-state index contributed by atoms with van der Waals surface area (Å²) in [5.74, 6) is -2.21. The van der Waals surface area contributed by atoms with E-state index in [0.29, 0.717) is 5.69 Å². The van der Waals surface area contributed by atoms with E-state index >= 15 is 0 Å². The minimum Gasteiger partial charge on any atom is -0.507 e. The number of amides is 1. The average molecular weight is 363 g/mol. The fourth-order valence-corrected chi connectivity index (χ4v) is 2.44. The lowest BCUT2D eigenvalue weighted by Crippen LogP contribution is -2.29. The maximum atomic E-state index is 12.2. The van der Waals surface area contributed by atoms with E-state index in [1.54, 1.807) is 0 Å². The van der Waals surface area contributed by atoms with Crippen LogP contribution >= 0.6 is 12.4 Å². The molecule has 3 N–H and O–H groups in total. The molecule has 0 aliphatic rings. The van der Waals surface area contributed by atoms with E-state index in [1.807, 2.05) is 31.2 Å². The monoisotopic (exact) mass is 362 g/mol. The predicted molar refractivity (Wildman–Crippen MR) is 92.0 cm³/mol. The second-order valence-corrected chi connectivity index (χ2v) is 5.23. The van der Waals surface area contributed by atoms with Crippen molar-refractivity contribution in [2.45, 2.75) is 6.92 Å². The summed E-state index contributed by atoms with van der Waals surface area (Å²) < 4.78 is 1.43. The summed E-state index contributed by atoms with van der Waals surface area (Å²) in [6.45, 7) is 1.38. The SMILES string of the molecule is Cc1cccc(-c2cc(O)c(C(=O)NCC(=O)O)c3ncnn23)c1.Cl. The zero-order valence-corrected chi connectivity index (χ0v) is 13.9. The van der Waals surface area contributed by atoms with Gasteiger partial charge in [0.2, 0.25) is 0 Å². The number of pyridine rings is 1. The van der Waals surface area contributed by atoms with Crippen molar-refractivity contribution in [1.29, 1.82) is 0 Å². The fraction of sp³-hybridized carbons (Fsp3) is 0.125. The van der Waals surface area contributed by atoms with Gasteiger partial charge in [-0.25, -0.2) is 9.50 Å². The van der Waals surface area contributed by atoms with E-state index in [2.05, 4.69) is 15.4 Å². The van der Waals surface area contributed by atoms with Crippen molar-refractivity contribution in [2.24, 2.45) is 0 Å². The van der Waals surface area contributed by atoms with Gasteiger partial charge in [-0.1, -0.05) is 23.8 Å². The Balaban J connectivity index is 0.00000225. The third kappa shape index (κ3) is 3.53. The van der Waals surface area contributed by atoms with Gasteiger partial charge in [0.25, 0.3) is 5.91 Å². The molecule has 1 amide bonds. The van der Waals surface area contributed by atoms with Crippen molar-refractivity contribution >= 4 is 29.9 Å². The first-order valence-corrected chi connectivity index (χ1v) is 7.10. The molecular formula is C16H15ClN4O4. The standard InChI is InChI=1S/C16H14N4O4.ClH/c1-9-3-2-4-10(5-9)11-6-12(21)14(15-18-8-19-20(11)15)16(24)17-7-13(22)23;/h2-6,8,21H,7H2,1H3,(H,17,24)(H,22,23);1H. The van der Waals surface area contributed by atoms with E-state index in [1.165, 1.54) is 16.9 Å². The molecule has 2 aromatic heterocycles. The number of hydrogen-bond donors (Lipinski definition) is 3. The number of fused-ring (bicyclic) bond motifs is 1. The van der Waals surface area contributed by atoms with Gasteiger partial charge < -0.3 is 15.5 Å². The van der Waals surface area contributed by atoms with Crippen molar-refractivity contribution in [2.75, 3.05) is 6.54 Å². The van der Waals surface area contributed by atoms with E-state index < -0.39 is 18.4 Å². The van der Waals surface area contributed by atoms with E-state index in [4.69, 9.17) is 5.11 Å². The number of carboxylic acid groups (broad SMARTS) is 1. The third-order valence-electron chi connectivity index (χ3n) is 3.47. The molecule has 3 aromatic rings. The maximum absolute atomic E-state index is 12.2. The van der Waals surface area contributed by atoms with Crippen LogP contribution in [0.3, 0.4) is 0 Å². The van der Waals surface area contributed by atoms with Gasteiger partial charge in [-0.3, -0.25) is 9.59 Å². The topological polar surface area (TPSA) is 117 Å². The van der Waals surface area contributed by atoms with E-state index in [9.17, 15) is 14.7 Å². The number of benzene rings is 1. The highest BCUT2D eigenvalue weighted by molar-refractivity contribution is 6.04. The molecule has 0 unspecified atom stereocenters. The largest absolute Gasteiger partial charge is 0.507 e. The molecule has 0 atom stereocenters. The molecule has 0 fully saturated rings. The first-order chi connectivity index (χ1) is 11.5. The van der Waals surface area contributed by atoms with Crippen LogP contribution in [0, 0.1) is 6.92 Å². The highest BCUT2D eigenvalue weighted by Gasteiger charge is 2.21. The van der Waals surface area contributed by atoms with Gasteiger partial charge >= 0.3 is 5.97 Å². The van der Waals surface area contributed by atoms with Gasteiger partial charge in [0.15, 0.2) is 5.65 Å². The van der Waals surface area contributed by atoms with Crippen molar-refractivity contribution in [3.05, 3.63) is 47.8 Å². The van der Waals surface area contributed by atoms with Crippen LogP contribution in [0.4, 0.5) is 0 Å². The number of nitrogens with one attached hydrogen (secondary N) is 1. The first-order valence-electron chi connectivity index (χ1n) is 7.10. The smallest absolute Gasteiger partial charge is 0.322 e. The number of hydrogen-bond acceptors (Lipinski definition) is 5. The number of nitrogens with zero attached hydrogens (tertiary/aromatic N) is 3. The molecule has 0 saturated heterocycles. The molecule has 9 heteroatoms. The van der Waals surface area contributed by atoms with Gasteiger partial charge in [-0.05, 0) is 13.0 Å². The lowest BCUT2D eigenvalue weighted by Gasteiger charge is -2.11. The van der Waals surface area contributed by atoms with Crippen LogP contribution < -0.4 is 5.32 Å². The Morgan fingerprint density at radius 2 is 2.04 bits per heavy atom. The molecule has 1 aromatic carbocycles. The lowest BCUT2D eigenvalue weighted by molar-refractivity contribution is -0.135. The maximum Gasteiger partial charge on any atom is 0.322 e. The highest BCUT2D eigenvalue weighted by Crippen LogP contribution is 2.29. The Bertz CT molecular complexity index is 954. The minimum absolute atomic E-state index is 0. The number of aromatic hydroxyl groups is 1. The Kier molecular flexibility index (Phi) is 5.23. The third-order valence-corrected chi connectivity index (χ3v) is 3.47. The zero-order valence-electron chi connectivity index (χ0n) is 13.1. The van der Waals surface area contributed by atoms with Crippen molar-refractivity contribution in [3.63, 3.8) is 0 Å². The Labute approximate surface area is 148 Å². The molecule has 0 spiro atoms. The summed E-state index contributed by atoms with van der Waals surface area (Å²) in [6.07, 6.45) is 1.27. The predicted octanol–water partition coefficient (Wildman–Crippen LogP) is 1.65. The zero-order chi connectivity index (χ0) is 17.3. The van der Waals surface area contributed by atoms with Crippen molar-refractivity contribution in [1.82, 2.24) is 19.9 Å². The van der Waals surface area contributed by atoms with Gasteiger partial charge in [0, 0.05) is 11.6 Å². The molecule has 3 rings (SSSR count). The molecule has 0 radical (unpaired) electrons. The van der Waals surface area contributed by atoms with Crippen LogP contribution in [0.5, 0.6) is 5.75 Å². The number of aryl methyl sites for hydroxylation is 1. The van der Waals surface area contributed by atoms with Crippen LogP contribution in [-0.2, 0) is 4.79 Å². The second-order valence-electron chi connectivity index (χ2n) is 5.23. The van der Waals surface area contributed by atoms with Crippen LogP contribution in [-0.4, -0.2) is 43.2 Å². The van der Waals surface area contributed by atoms with E-state index in [-0.39, 0.29) is 29.4 Å². The van der Waals surface area contributed by atoms with Crippen LogP contribution in [0.25, 0.3) is 16.9 Å². The van der Waals surface area contributed by atoms with Crippen molar-refractivity contribution < 1.29 is 19.8 Å². The van der Waals surface area contributed by atoms with Crippen molar-refractivity contribution in [3.8, 4) is 17.0 Å². The summed E-state index contributed by atoms with van der Waals surface area (Å²) in [5.41, 5.74) is 2.43. The Hall–Kier alpha value is -3.13. The minimum atomic E-state index is -1.18. The molecular weight excluding hydrogens is 348 g/mol. The van der Waals surface area contributed by atoms with E-state index in [0.717, 1.165) is 11.1 Å². The van der Waals surface area contributed by atoms with Gasteiger partial charge in [-0.2, -0.15) is 5.10 Å². The number of halogens is 1. The number of rotatable bonds is 4. The summed E-state index contributed by atoms with van der Waals surface area (Å²) in [6, 6.07) is 8.99. The number of carbonyl (C=O) groups excluding carboxylic acids is 1. The Morgan fingerprint density at radius 3 is 2.72 bits per heavy atom. The van der Waals surface area contributed by atoms with Crippen LogP contribution in [0.15, 0.2) is 36.7 Å². The van der Waals surface area contributed by atoms with Gasteiger partial charge in [-0.15, -0.1) is 12.4 Å². The quantitative estimate of drug-likeness (QED) is 0.649. The molecule has 0 saturated carbocycles. The molecule has 8 nitrogen and oxygen atoms in total. The summed E-state index contributed by atoms with van der Waals surface area (Å²) in [5, 5.41) is 25.3. The summed E-state index contributed by atoms with van der Waals surface area (Å²) in [4.78, 5) is 26.8. The normalized spacial score (nSPS) is 10.3. The molecule has 0 aliphatic heterocycles. The lowest BCUT2D eigenvalue weighted by atomic mass is 10.1. The number of aliphatic carboxylic acids is 1. The van der Waals surface area contributed by atoms with Crippen LogP contribution in [0.1, 0.15) is 15.9 Å². The summed E-state index contributed by atoms with van der Waals surface area (Å²) in [7, 11) is 0. The first kappa shape index (κ1) is 18.2.